The van der Waals surface area contributed by atoms with E-state index in [-0.39, 0.29) is 0 Å². The van der Waals surface area contributed by atoms with Crippen molar-refractivity contribution in [3.05, 3.63) is 17.1 Å². The second kappa shape index (κ2) is 3.40. The van der Waals surface area contributed by atoms with E-state index in [1.54, 1.807) is 17.1 Å². The molecular formula is C14H23. The van der Waals surface area contributed by atoms with Gasteiger partial charge < -0.3 is 0 Å². The third kappa shape index (κ3) is 1.64. The Hall–Kier alpha value is -0.260. The Kier molecular flexibility index (Phi) is 2.49. The highest BCUT2D eigenvalue weighted by Crippen LogP contribution is 2.49. The highest BCUT2D eigenvalue weighted by Gasteiger charge is 2.35. The summed E-state index contributed by atoms with van der Waals surface area (Å²) in [5.41, 5.74) is 4.09. The maximum absolute atomic E-state index is 2.44. The summed E-state index contributed by atoms with van der Waals surface area (Å²) in [7, 11) is 0. The van der Waals surface area contributed by atoms with Crippen LogP contribution in [0.1, 0.15) is 59.8 Å². The van der Waals surface area contributed by atoms with Crippen molar-refractivity contribution >= 4 is 0 Å². The lowest BCUT2D eigenvalue weighted by Crippen LogP contribution is -2.27. The van der Waals surface area contributed by atoms with Crippen LogP contribution in [0.15, 0.2) is 11.1 Å². The first kappa shape index (κ1) is 10.3. The molecule has 0 saturated carbocycles. The van der Waals surface area contributed by atoms with Crippen molar-refractivity contribution in [1.29, 1.82) is 0 Å². The van der Waals surface area contributed by atoms with Crippen LogP contribution in [0.25, 0.3) is 0 Å². The normalized spacial score (nSPS) is 33.0. The molecule has 0 heteroatoms. The quantitative estimate of drug-likeness (QED) is 0.494. The van der Waals surface area contributed by atoms with Crippen LogP contribution in [0, 0.1) is 17.3 Å². The van der Waals surface area contributed by atoms with Crippen molar-refractivity contribution in [2.45, 2.75) is 59.8 Å². The van der Waals surface area contributed by atoms with E-state index < -0.39 is 0 Å². The molecule has 2 aliphatic carbocycles. The molecule has 0 heterocycles. The SMILES string of the molecule is C[C]1CC2=C(CCCC2(C)C)CC1C. The molecule has 2 aliphatic rings. The lowest BCUT2D eigenvalue weighted by Gasteiger charge is -2.41. The van der Waals surface area contributed by atoms with Gasteiger partial charge in [0.25, 0.3) is 0 Å². The van der Waals surface area contributed by atoms with E-state index in [1.807, 2.05) is 0 Å². The van der Waals surface area contributed by atoms with Gasteiger partial charge >= 0.3 is 0 Å². The van der Waals surface area contributed by atoms with Crippen LogP contribution in [-0.4, -0.2) is 0 Å². The van der Waals surface area contributed by atoms with Gasteiger partial charge in [0, 0.05) is 0 Å². The molecule has 0 aromatic heterocycles. The first-order valence-electron chi connectivity index (χ1n) is 6.04. The maximum atomic E-state index is 2.44. The molecule has 0 aromatic rings. The van der Waals surface area contributed by atoms with E-state index in [0.29, 0.717) is 5.41 Å². The summed E-state index contributed by atoms with van der Waals surface area (Å²) in [6.45, 7) is 9.61. The molecule has 2 rings (SSSR count). The molecule has 0 N–H and O–H groups in total. The van der Waals surface area contributed by atoms with Crippen LogP contribution in [0.4, 0.5) is 0 Å². The highest BCUT2D eigenvalue weighted by molar-refractivity contribution is 5.31. The Balaban J connectivity index is 2.30. The maximum Gasteiger partial charge on any atom is -0.0142 e. The molecule has 0 saturated heterocycles. The molecule has 0 fully saturated rings. The van der Waals surface area contributed by atoms with Gasteiger partial charge in [-0.05, 0) is 49.4 Å². The first-order valence-corrected chi connectivity index (χ1v) is 6.04. The van der Waals surface area contributed by atoms with E-state index in [0.717, 1.165) is 5.92 Å². The minimum Gasteiger partial charge on any atom is -0.0702 e. The average Bonchev–Trinajstić information content (AvgIpc) is 2.08. The molecule has 0 spiro atoms. The molecule has 1 unspecified atom stereocenters. The van der Waals surface area contributed by atoms with E-state index in [4.69, 9.17) is 0 Å². The lowest BCUT2D eigenvalue weighted by molar-refractivity contribution is 0.327. The van der Waals surface area contributed by atoms with E-state index >= 15 is 0 Å². The van der Waals surface area contributed by atoms with Crippen LogP contribution in [-0.2, 0) is 0 Å². The third-order valence-electron chi connectivity index (χ3n) is 4.37. The fraction of sp³-hybridized carbons (Fsp3) is 0.786. The smallest absolute Gasteiger partial charge is 0.0142 e. The van der Waals surface area contributed by atoms with E-state index in [9.17, 15) is 0 Å². The summed E-state index contributed by atoms with van der Waals surface area (Å²) < 4.78 is 0. The van der Waals surface area contributed by atoms with Crippen molar-refractivity contribution in [1.82, 2.24) is 0 Å². The molecule has 0 nitrogen and oxygen atoms in total. The minimum atomic E-state index is 0.495. The minimum absolute atomic E-state index is 0.495. The van der Waals surface area contributed by atoms with Gasteiger partial charge in [-0.15, -0.1) is 0 Å². The van der Waals surface area contributed by atoms with E-state index in [1.165, 1.54) is 32.1 Å². The second-order valence-corrected chi connectivity index (χ2v) is 5.95. The molecule has 0 amide bonds. The van der Waals surface area contributed by atoms with Gasteiger partial charge in [-0.3, -0.25) is 0 Å². The molecule has 0 aliphatic heterocycles. The van der Waals surface area contributed by atoms with Gasteiger partial charge in [0.2, 0.25) is 0 Å². The van der Waals surface area contributed by atoms with Crippen molar-refractivity contribution in [2.24, 2.45) is 11.3 Å². The Labute approximate surface area is 88.8 Å². The van der Waals surface area contributed by atoms with Crippen LogP contribution in [0.3, 0.4) is 0 Å². The first-order chi connectivity index (χ1) is 6.50. The number of hydrogen-bond donors (Lipinski definition) is 0. The third-order valence-corrected chi connectivity index (χ3v) is 4.37. The number of rotatable bonds is 0. The summed E-state index contributed by atoms with van der Waals surface area (Å²) in [6.07, 6.45) is 6.84. The summed E-state index contributed by atoms with van der Waals surface area (Å²) in [5.74, 6) is 2.54. The second-order valence-electron chi connectivity index (χ2n) is 5.95. The molecule has 0 aromatic carbocycles. The van der Waals surface area contributed by atoms with Gasteiger partial charge in [-0.2, -0.15) is 0 Å². The Morgan fingerprint density at radius 3 is 2.71 bits per heavy atom. The van der Waals surface area contributed by atoms with Crippen molar-refractivity contribution in [3.63, 3.8) is 0 Å². The van der Waals surface area contributed by atoms with E-state index in [2.05, 4.69) is 27.7 Å². The monoisotopic (exact) mass is 191 g/mol. The zero-order valence-electron chi connectivity index (χ0n) is 10.1. The van der Waals surface area contributed by atoms with Crippen molar-refractivity contribution < 1.29 is 0 Å². The Morgan fingerprint density at radius 1 is 1.29 bits per heavy atom. The number of allylic oxidation sites excluding steroid dienone is 2. The molecular weight excluding hydrogens is 168 g/mol. The van der Waals surface area contributed by atoms with Crippen LogP contribution >= 0.6 is 0 Å². The summed E-state index contributed by atoms with van der Waals surface area (Å²) >= 11 is 0. The van der Waals surface area contributed by atoms with Crippen LogP contribution in [0.5, 0.6) is 0 Å². The van der Waals surface area contributed by atoms with Gasteiger partial charge in [0.05, 0.1) is 0 Å². The largest absolute Gasteiger partial charge is 0.0702 e. The Morgan fingerprint density at radius 2 is 2.00 bits per heavy atom. The lowest BCUT2D eigenvalue weighted by atomic mass is 9.64. The fourth-order valence-electron chi connectivity index (χ4n) is 3.11. The van der Waals surface area contributed by atoms with Crippen molar-refractivity contribution in [3.8, 4) is 0 Å². The fourth-order valence-corrected chi connectivity index (χ4v) is 3.11. The van der Waals surface area contributed by atoms with Crippen LogP contribution < -0.4 is 0 Å². The zero-order valence-corrected chi connectivity index (χ0v) is 10.1. The summed E-state index contributed by atoms with van der Waals surface area (Å²) in [6, 6.07) is 0. The summed E-state index contributed by atoms with van der Waals surface area (Å²) in [4.78, 5) is 0. The number of hydrogen-bond acceptors (Lipinski definition) is 0. The topological polar surface area (TPSA) is 0 Å². The van der Waals surface area contributed by atoms with Gasteiger partial charge in [0.1, 0.15) is 0 Å². The zero-order chi connectivity index (χ0) is 10.3. The molecule has 1 radical (unpaired) electrons. The predicted octanol–water partition coefficient (Wildman–Crippen LogP) is 4.52. The van der Waals surface area contributed by atoms with Gasteiger partial charge in [0.15, 0.2) is 0 Å². The molecule has 0 bridgehead atoms. The molecule has 79 valence electrons. The average molecular weight is 191 g/mol. The highest BCUT2D eigenvalue weighted by atomic mass is 14.4. The predicted molar refractivity (Wildman–Crippen MR) is 62.0 cm³/mol. The molecule has 1 atom stereocenters. The van der Waals surface area contributed by atoms with Crippen LogP contribution in [0.2, 0.25) is 0 Å². The van der Waals surface area contributed by atoms with Crippen molar-refractivity contribution in [2.75, 3.05) is 0 Å². The standard InChI is InChI=1S/C14H23/c1-10-8-12-6-5-7-14(3,4)13(12)9-11(10)2/h10H,5-9H2,1-4H3. The Bertz CT molecular complexity index is 257. The van der Waals surface area contributed by atoms with Gasteiger partial charge in [-0.1, -0.05) is 38.8 Å². The summed E-state index contributed by atoms with van der Waals surface area (Å²) in [5, 5.41) is 0. The van der Waals surface area contributed by atoms with Gasteiger partial charge in [-0.25, -0.2) is 0 Å². The molecule has 14 heavy (non-hydrogen) atoms.